The van der Waals surface area contributed by atoms with E-state index in [0.29, 0.717) is 36.4 Å². The van der Waals surface area contributed by atoms with Gasteiger partial charge in [0, 0.05) is 110 Å². The molecule has 1 amide bonds. The maximum atomic E-state index is 15.0. The first-order valence-corrected chi connectivity index (χ1v) is 25.8. The number of aromatic hydroxyl groups is 2. The number of ether oxygens (including phenoxy) is 4. The van der Waals surface area contributed by atoms with Crippen LogP contribution in [0.25, 0.3) is 33.3 Å². The minimum absolute atomic E-state index is 0.00280. The molecule has 17 nitrogen and oxygen atoms in total. The molecule has 2 aromatic carbocycles. The van der Waals surface area contributed by atoms with Crippen LogP contribution in [0.15, 0.2) is 57.5 Å². The summed E-state index contributed by atoms with van der Waals surface area (Å²) < 4.78 is 30.8. The third-order valence-corrected chi connectivity index (χ3v) is 14.7. The number of aromatic nitrogens is 1. The van der Waals surface area contributed by atoms with Gasteiger partial charge in [-0.3, -0.25) is 28.9 Å². The molecule has 6 aliphatic rings. The summed E-state index contributed by atoms with van der Waals surface area (Å²) in [6, 6.07) is 3.29. The monoisotopic (exact) mass is 1060 g/mol. The summed E-state index contributed by atoms with van der Waals surface area (Å²) in [5, 5.41) is 38.3. The minimum atomic E-state index is -2.03. The summed E-state index contributed by atoms with van der Waals surface area (Å²) in [5.74, 6) is -7.32. The van der Waals surface area contributed by atoms with Crippen LogP contribution in [0.5, 0.6) is 17.2 Å². The first-order valence-electron chi connectivity index (χ1n) is 24.7. The van der Waals surface area contributed by atoms with E-state index in [1.807, 2.05) is 13.8 Å². The Kier molecular flexibility index (Phi) is 16.5. The molecule has 1 aliphatic carbocycles. The molecule has 1 fully saturated rings. The fourth-order valence-corrected chi connectivity index (χ4v) is 10.4. The molecule has 0 unspecified atom stereocenters. The lowest BCUT2D eigenvalue weighted by Gasteiger charge is -2.37. The van der Waals surface area contributed by atoms with Crippen LogP contribution in [0.4, 0.5) is 11.4 Å². The molecule has 1 saturated heterocycles. The Hall–Kier alpha value is -5.98. The van der Waals surface area contributed by atoms with Gasteiger partial charge in [0.1, 0.15) is 46.4 Å². The number of hydrogen-bond donors (Lipinski definition) is 4. The average Bonchev–Trinajstić information content (AvgIpc) is 3.60. The summed E-state index contributed by atoms with van der Waals surface area (Å²) in [6.07, 6.45) is 5.87. The highest BCUT2D eigenvalue weighted by molar-refractivity contribution is 9.09. The summed E-state index contributed by atoms with van der Waals surface area (Å²) in [4.78, 5) is 79.0. The molecule has 0 radical (unpaired) electrons. The second kappa shape index (κ2) is 22.0. The number of esters is 2. The van der Waals surface area contributed by atoms with Crippen molar-refractivity contribution < 1.29 is 57.9 Å². The van der Waals surface area contributed by atoms with Gasteiger partial charge in [0.25, 0.3) is 11.7 Å². The molecule has 8 rings (SSSR count). The summed E-state index contributed by atoms with van der Waals surface area (Å²) in [7, 11) is 0. The largest absolute Gasteiger partial charge is 0.507 e. The second-order valence-electron chi connectivity index (χ2n) is 20.2. The van der Waals surface area contributed by atoms with Crippen molar-refractivity contribution in [2.24, 2.45) is 29.6 Å². The van der Waals surface area contributed by atoms with Crippen LogP contribution < -0.4 is 20.4 Å². The Morgan fingerprint density at radius 1 is 1.00 bits per heavy atom. The van der Waals surface area contributed by atoms with Gasteiger partial charge >= 0.3 is 17.7 Å². The van der Waals surface area contributed by atoms with Gasteiger partial charge in [-0.2, -0.15) is 0 Å². The van der Waals surface area contributed by atoms with Crippen molar-refractivity contribution in [3.63, 3.8) is 0 Å². The number of aliphatic hydroxyl groups is 1. The SMILES string of the molecule is CC(=O)O[C@H]1[C@H](C)[C@H](O)[C@H](C)[C@@H](OC(=O)CCCBr)[C@@H](C)/C=C/C=C(/C)C(=O)Nc2c3oc4cc(N5CCN(CC(C)C)CC5)cc(O)c4nc-3c3c4c(c(C)c(O)c3c2=O)O[C@](C)(O/C=C/C[C@H]1C)C4=O. The number of nitrogens with zero attached hydrogens (tertiary/aromatic N) is 3. The van der Waals surface area contributed by atoms with E-state index in [4.69, 9.17) is 28.3 Å². The molecule has 0 spiro atoms. The zero-order valence-corrected chi connectivity index (χ0v) is 44.3. The first-order chi connectivity index (χ1) is 34.1. The maximum absolute atomic E-state index is 15.0. The number of hydrogen-bond acceptors (Lipinski definition) is 16. The van der Waals surface area contributed by atoms with Gasteiger partial charge in [0.15, 0.2) is 11.3 Å². The number of carbonyl (C=O) groups excluding carboxylic acids is 4. The van der Waals surface area contributed by atoms with Gasteiger partial charge in [0.05, 0.1) is 23.3 Å². The zero-order valence-electron chi connectivity index (χ0n) is 42.7. The van der Waals surface area contributed by atoms with E-state index < -0.39 is 82.6 Å². The number of Topliss-reactive ketones (excluding diaryl/α,β-unsaturated/α-hetero) is 1. The van der Waals surface area contributed by atoms with Gasteiger partial charge in [-0.25, -0.2) is 4.98 Å². The van der Waals surface area contributed by atoms with E-state index in [2.05, 4.69) is 44.9 Å². The predicted octanol–water partition coefficient (Wildman–Crippen LogP) is 8.53. The lowest BCUT2D eigenvalue weighted by atomic mass is 9.79. The number of nitrogens with one attached hydrogen (secondary N) is 1. The van der Waals surface area contributed by atoms with Crippen molar-refractivity contribution in [3.05, 3.63) is 69.6 Å². The summed E-state index contributed by atoms with van der Waals surface area (Å²) in [6.45, 7) is 21.1. The number of fused-ring (bicyclic) bond motifs is 14. The Bertz CT molecular complexity index is 2870. The molecule has 72 heavy (non-hydrogen) atoms. The number of halogens is 1. The van der Waals surface area contributed by atoms with Crippen molar-refractivity contribution in [2.75, 3.05) is 48.3 Å². The number of ketones is 1. The second-order valence-corrected chi connectivity index (χ2v) is 21.0. The molecular weight excluding hydrogens is 993 g/mol. The number of rotatable bonds is 8. The lowest BCUT2D eigenvalue weighted by Crippen LogP contribution is -2.47. The van der Waals surface area contributed by atoms with E-state index in [-0.39, 0.29) is 80.1 Å². The minimum Gasteiger partial charge on any atom is -0.507 e. The number of piperazine rings is 1. The van der Waals surface area contributed by atoms with E-state index in [1.165, 1.54) is 40.0 Å². The van der Waals surface area contributed by atoms with Crippen molar-refractivity contribution >= 4 is 72.8 Å². The summed E-state index contributed by atoms with van der Waals surface area (Å²) >= 11 is 3.36. The smallest absolute Gasteiger partial charge is 0.312 e. The van der Waals surface area contributed by atoms with Crippen LogP contribution in [0.2, 0.25) is 0 Å². The van der Waals surface area contributed by atoms with Gasteiger partial charge in [0.2, 0.25) is 5.43 Å². The van der Waals surface area contributed by atoms with E-state index in [9.17, 15) is 39.3 Å². The number of alkyl halides is 1. The Labute approximate surface area is 427 Å². The number of anilines is 2. The van der Waals surface area contributed by atoms with Crippen LogP contribution in [0.1, 0.15) is 97.5 Å². The molecule has 5 heterocycles. The van der Waals surface area contributed by atoms with E-state index in [0.717, 1.165) is 19.6 Å². The van der Waals surface area contributed by atoms with E-state index in [1.54, 1.807) is 44.2 Å². The number of aliphatic hydroxyl groups excluding tert-OH is 1. The number of phenols is 2. The molecular formula is C54H67BrN4O13. The topological polar surface area (TPSA) is 227 Å². The van der Waals surface area contributed by atoms with E-state index >= 15 is 0 Å². The van der Waals surface area contributed by atoms with Crippen LogP contribution >= 0.6 is 15.9 Å². The van der Waals surface area contributed by atoms with Gasteiger partial charge < -0.3 is 48.9 Å². The number of allylic oxidation sites excluding steroid dienone is 3. The zero-order chi connectivity index (χ0) is 52.5. The van der Waals surface area contributed by atoms with Crippen LogP contribution in [0, 0.1) is 36.5 Å². The highest BCUT2D eigenvalue weighted by atomic mass is 79.9. The molecule has 8 atom stereocenters. The normalized spacial score (nSPS) is 27.4. The van der Waals surface area contributed by atoms with Crippen LogP contribution in [0.3, 0.4) is 0 Å². The van der Waals surface area contributed by atoms with Crippen LogP contribution in [-0.4, -0.2) is 111 Å². The average molecular weight is 1060 g/mol. The predicted molar refractivity (Wildman–Crippen MR) is 277 cm³/mol. The lowest BCUT2D eigenvalue weighted by molar-refractivity contribution is -0.163. The van der Waals surface area contributed by atoms with Crippen molar-refractivity contribution in [1.29, 1.82) is 0 Å². The molecule has 4 N–H and O–H groups in total. The summed E-state index contributed by atoms with van der Waals surface area (Å²) in [5.41, 5.74) is -0.599. The molecule has 18 heteroatoms. The van der Waals surface area contributed by atoms with Crippen LogP contribution in [-0.2, 0) is 28.6 Å². The molecule has 0 aromatic heterocycles. The highest BCUT2D eigenvalue weighted by Gasteiger charge is 2.50. The number of benzene rings is 3. The number of amides is 1. The fraction of sp³-hybridized carbons (Fsp3) is 0.519. The Morgan fingerprint density at radius 2 is 1.69 bits per heavy atom. The van der Waals surface area contributed by atoms with Gasteiger partial charge in [-0.15, -0.1) is 0 Å². The fourth-order valence-electron chi connectivity index (χ4n) is 10.1. The number of carbonyl (C=O) groups is 4. The van der Waals surface area contributed by atoms with Crippen molar-refractivity contribution in [2.45, 2.75) is 113 Å². The first kappa shape index (κ1) is 53.8. The Morgan fingerprint density at radius 3 is 2.36 bits per heavy atom. The molecule has 388 valence electrons. The number of phenolic OH excluding ortho intramolecular Hbond substituents is 2. The third-order valence-electron chi connectivity index (χ3n) is 14.1. The molecule has 5 bridgehead atoms. The van der Waals surface area contributed by atoms with Crippen molar-refractivity contribution in [3.8, 4) is 28.7 Å². The standard InChI is InChI=1S/C54H67BrN4O13/c1-27(2)26-58-19-21-59(22-20-58)35-24-36(61)42-37(25-35)70-51-43(56-42)39-40-46(64)33(8)50-41(39)52(66)54(10,72-50)68-23-13-16-29(4)48(69-34(9)60)31(6)45(63)32(7)49(71-38(62)17-12-18-55)28(3)14-11-15-30(5)53(67)57-44(51)47(40)65/h11,13-15,23-25,27-29,31-32,45,48-49,61,63-64H,12,16-22,26H2,1-10H3,(H,57,67)/b14-11+,23-13+,30-15-/t28-,29+,31+,32-,45-,48+,49-,54-/m0/s1. The van der Waals surface area contributed by atoms with Gasteiger partial charge in [-0.1, -0.05) is 75.7 Å². The van der Waals surface area contributed by atoms with Gasteiger partial charge in [-0.05, 0) is 44.6 Å². The maximum Gasteiger partial charge on any atom is 0.312 e. The quantitative estimate of drug-likeness (QED) is 0.0561. The van der Waals surface area contributed by atoms with Crippen molar-refractivity contribution in [1.82, 2.24) is 9.88 Å². The molecule has 5 aliphatic heterocycles. The molecule has 0 saturated carbocycles. The third kappa shape index (κ3) is 10.9. The molecule has 2 aromatic rings. The highest BCUT2D eigenvalue weighted by Crippen LogP contribution is 2.51. The Balaban J connectivity index is 1.40.